The second kappa shape index (κ2) is 6.13. The average Bonchev–Trinajstić information content (AvgIpc) is 2.39. The number of nitrogens with one attached hydrogen (secondary N) is 1. The number of anilines is 3. The van der Waals surface area contributed by atoms with Crippen LogP contribution >= 0.6 is 15.9 Å². The van der Waals surface area contributed by atoms with E-state index in [1.807, 2.05) is 26.0 Å². The van der Waals surface area contributed by atoms with Crippen LogP contribution in [-0.2, 0) is 0 Å². The first-order valence-electron chi connectivity index (χ1n) is 6.26. The van der Waals surface area contributed by atoms with Crippen molar-refractivity contribution in [1.82, 2.24) is 0 Å². The number of nitrogens with two attached hydrogens (primary N) is 1. The smallest absolute Gasteiger partial charge is 0.167 e. The van der Waals surface area contributed by atoms with E-state index in [9.17, 15) is 4.39 Å². The second-order valence-corrected chi connectivity index (χ2v) is 5.25. The van der Waals surface area contributed by atoms with Crippen LogP contribution in [0.4, 0.5) is 21.5 Å². The summed E-state index contributed by atoms with van der Waals surface area (Å²) in [5, 5.41) is 3.15. The van der Waals surface area contributed by atoms with Crippen LogP contribution in [0.3, 0.4) is 0 Å². The van der Waals surface area contributed by atoms with Gasteiger partial charge in [-0.15, -0.1) is 0 Å². The maximum atomic E-state index is 13.8. The third kappa shape index (κ3) is 3.22. The number of rotatable bonds is 4. The van der Waals surface area contributed by atoms with Crippen LogP contribution < -0.4 is 15.8 Å². The first-order chi connectivity index (χ1) is 9.51. The van der Waals surface area contributed by atoms with E-state index >= 15 is 0 Å². The Labute approximate surface area is 126 Å². The quantitative estimate of drug-likeness (QED) is 0.799. The molecule has 3 nitrogen and oxygen atoms in total. The van der Waals surface area contributed by atoms with Crippen LogP contribution in [-0.4, -0.2) is 6.61 Å². The zero-order chi connectivity index (χ0) is 14.7. The van der Waals surface area contributed by atoms with Gasteiger partial charge in [0.05, 0.1) is 12.3 Å². The Kier molecular flexibility index (Phi) is 4.49. The first-order valence-corrected chi connectivity index (χ1v) is 7.05. The second-order valence-electron chi connectivity index (χ2n) is 4.39. The van der Waals surface area contributed by atoms with Crippen molar-refractivity contribution in [2.24, 2.45) is 0 Å². The molecule has 0 saturated carbocycles. The van der Waals surface area contributed by atoms with Crippen LogP contribution in [0.2, 0.25) is 0 Å². The summed E-state index contributed by atoms with van der Waals surface area (Å²) in [6.45, 7) is 4.18. The van der Waals surface area contributed by atoms with Gasteiger partial charge in [0.25, 0.3) is 0 Å². The first kappa shape index (κ1) is 14.7. The summed E-state index contributed by atoms with van der Waals surface area (Å²) in [6.07, 6.45) is 0. The number of halogens is 2. The van der Waals surface area contributed by atoms with E-state index < -0.39 is 0 Å². The topological polar surface area (TPSA) is 47.3 Å². The lowest BCUT2D eigenvalue weighted by atomic mass is 10.1. The third-order valence-corrected chi connectivity index (χ3v) is 3.52. The molecule has 0 amide bonds. The molecule has 0 aliphatic heterocycles. The summed E-state index contributed by atoms with van der Waals surface area (Å²) >= 11 is 3.44. The van der Waals surface area contributed by atoms with E-state index in [0.717, 1.165) is 15.7 Å². The largest absolute Gasteiger partial charge is 0.491 e. The summed E-state index contributed by atoms with van der Waals surface area (Å²) < 4.78 is 19.8. The molecule has 0 unspecified atom stereocenters. The molecule has 3 N–H and O–H groups in total. The van der Waals surface area contributed by atoms with Gasteiger partial charge < -0.3 is 15.8 Å². The van der Waals surface area contributed by atoms with Crippen molar-refractivity contribution in [2.75, 3.05) is 17.7 Å². The van der Waals surface area contributed by atoms with Gasteiger partial charge in [-0.05, 0) is 59.6 Å². The monoisotopic (exact) mass is 338 g/mol. The fraction of sp³-hybridized carbons (Fsp3) is 0.200. The predicted molar refractivity (Wildman–Crippen MR) is 84.1 cm³/mol. The highest BCUT2D eigenvalue weighted by molar-refractivity contribution is 9.10. The molecule has 0 bridgehead atoms. The molecule has 0 aromatic heterocycles. The predicted octanol–water partition coefficient (Wildman–Crippen LogP) is 4.62. The number of hydrogen-bond donors (Lipinski definition) is 2. The van der Waals surface area contributed by atoms with Gasteiger partial charge in [0, 0.05) is 21.9 Å². The van der Waals surface area contributed by atoms with Gasteiger partial charge >= 0.3 is 0 Å². The molecule has 106 valence electrons. The van der Waals surface area contributed by atoms with Crippen molar-refractivity contribution in [3.63, 3.8) is 0 Å². The number of benzene rings is 2. The molecule has 0 fully saturated rings. The Morgan fingerprint density at radius 1 is 1.30 bits per heavy atom. The van der Waals surface area contributed by atoms with Crippen molar-refractivity contribution >= 4 is 33.0 Å². The molecule has 2 rings (SSSR count). The van der Waals surface area contributed by atoms with Gasteiger partial charge in [-0.3, -0.25) is 0 Å². The van der Waals surface area contributed by atoms with Crippen molar-refractivity contribution < 1.29 is 9.13 Å². The lowest BCUT2D eigenvalue weighted by molar-refractivity contribution is 0.321. The Balaban J connectivity index is 2.26. The van der Waals surface area contributed by atoms with Gasteiger partial charge in [-0.2, -0.15) is 0 Å². The minimum Gasteiger partial charge on any atom is -0.491 e. The van der Waals surface area contributed by atoms with Crippen LogP contribution in [0.15, 0.2) is 34.8 Å². The Bertz CT molecular complexity index is 632. The van der Waals surface area contributed by atoms with Crippen LogP contribution in [0.5, 0.6) is 5.75 Å². The van der Waals surface area contributed by atoms with E-state index in [-0.39, 0.29) is 11.6 Å². The maximum Gasteiger partial charge on any atom is 0.167 e. The Hall–Kier alpha value is -1.75. The van der Waals surface area contributed by atoms with Crippen LogP contribution in [0.25, 0.3) is 0 Å². The standard InChI is InChI=1S/C15H16BrFN2O/c1-3-20-15-5-4-10(7-12(15)17)19-14-6-9(2)13(18)8-11(14)16/h4-8,19H,3,18H2,1-2H3. The number of nitrogen functional groups attached to an aromatic ring is 1. The molecule has 5 heteroatoms. The highest BCUT2D eigenvalue weighted by Gasteiger charge is 2.07. The average molecular weight is 339 g/mol. The minimum absolute atomic E-state index is 0.255. The lowest BCUT2D eigenvalue weighted by Crippen LogP contribution is -1.98. The van der Waals surface area contributed by atoms with Gasteiger partial charge in [-0.25, -0.2) is 4.39 Å². The number of aryl methyl sites for hydroxylation is 1. The highest BCUT2D eigenvalue weighted by atomic mass is 79.9. The van der Waals surface area contributed by atoms with Crippen molar-refractivity contribution in [2.45, 2.75) is 13.8 Å². The normalized spacial score (nSPS) is 10.4. The highest BCUT2D eigenvalue weighted by Crippen LogP contribution is 2.31. The zero-order valence-corrected chi connectivity index (χ0v) is 12.9. The molecule has 2 aromatic rings. The van der Waals surface area contributed by atoms with Crippen molar-refractivity contribution in [1.29, 1.82) is 0 Å². The molecule has 20 heavy (non-hydrogen) atoms. The van der Waals surface area contributed by atoms with Crippen molar-refractivity contribution in [3.8, 4) is 5.75 Å². The number of hydrogen-bond acceptors (Lipinski definition) is 3. The van der Waals surface area contributed by atoms with E-state index in [4.69, 9.17) is 10.5 Å². The van der Waals surface area contributed by atoms with Crippen molar-refractivity contribution in [3.05, 3.63) is 46.2 Å². The Morgan fingerprint density at radius 2 is 2.05 bits per heavy atom. The third-order valence-electron chi connectivity index (χ3n) is 2.87. The fourth-order valence-electron chi connectivity index (χ4n) is 1.80. The maximum absolute atomic E-state index is 13.8. The van der Waals surface area contributed by atoms with Gasteiger partial charge in [0.15, 0.2) is 11.6 Å². The molecular formula is C15H16BrFN2O. The number of ether oxygens (including phenoxy) is 1. The van der Waals surface area contributed by atoms with Gasteiger partial charge in [-0.1, -0.05) is 0 Å². The minimum atomic E-state index is -0.389. The summed E-state index contributed by atoms with van der Waals surface area (Å²) in [5.74, 6) is -0.134. The summed E-state index contributed by atoms with van der Waals surface area (Å²) in [6, 6.07) is 8.52. The molecule has 0 saturated heterocycles. The fourth-order valence-corrected chi connectivity index (χ4v) is 2.26. The molecular weight excluding hydrogens is 323 g/mol. The van der Waals surface area contributed by atoms with Gasteiger partial charge in [0.2, 0.25) is 0 Å². The van der Waals surface area contributed by atoms with Crippen LogP contribution in [0.1, 0.15) is 12.5 Å². The molecule has 0 spiro atoms. The van der Waals surface area contributed by atoms with E-state index in [0.29, 0.717) is 18.0 Å². The molecule has 0 aliphatic rings. The summed E-state index contributed by atoms with van der Waals surface area (Å²) in [5.41, 5.74) is 8.98. The molecule has 2 aromatic carbocycles. The van der Waals surface area contributed by atoms with Gasteiger partial charge in [0.1, 0.15) is 0 Å². The SMILES string of the molecule is CCOc1ccc(Nc2cc(C)c(N)cc2Br)cc1F. The molecule has 0 radical (unpaired) electrons. The van der Waals surface area contributed by atoms with E-state index in [1.54, 1.807) is 12.1 Å². The van der Waals surface area contributed by atoms with E-state index in [2.05, 4.69) is 21.2 Å². The zero-order valence-electron chi connectivity index (χ0n) is 11.3. The summed E-state index contributed by atoms with van der Waals surface area (Å²) in [7, 11) is 0. The lowest BCUT2D eigenvalue weighted by Gasteiger charge is -2.12. The molecule has 0 aliphatic carbocycles. The van der Waals surface area contributed by atoms with E-state index in [1.165, 1.54) is 6.07 Å². The Morgan fingerprint density at radius 3 is 2.70 bits per heavy atom. The summed E-state index contributed by atoms with van der Waals surface area (Å²) in [4.78, 5) is 0. The molecule has 0 atom stereocenters. The molecule has 0 heterocycles. The van der Waals surface area contributed by atoms with Crippen LogP contribution in [0, 0.1) is 12.7 Å².